The van der Waals surface area contributed by atoms with Crippen LogP contribution in [0.2, 0.25) is 0 Å². The molecule has 0 amide bonds. The summed E-state index contributed by atoms with van der Waals surface area (Å²) in [7, 11) is 0. The Labute approximate surface area is 228 Å². The molecule has 0 saturated heterocycles. The van der Waals surface area contributed by atoms with Crippen LogP contribution in [0.5, 0.6) is 0 Å². The van der Waals surface area contributed by atoms with Crippen LogP contribution in [-0.2, 0) is 6.42 Å². The third kappa shape index (κ3) is 3.41. The molecule has 2 aliphatic carbocycles. The van der Waals surface area contributed by atoms with Crippen LogP contribution in [0.4, 0.5) is 0 Å². The lowest BCUT2D eigenvalue weighted by atomic mass is 9.92. The van der Waals surface area contributed by atoms with Gasteiger partial charge in [0.1, 0.15) is 0 Å². The molecular formula is C37H30N2. The Bertz CT molecular complexity index is 1970. The van der Waals surface area contributed by atoms with E-state index in [-0.39, 0.29) is 0 Å². The Balaban J connectivity index is 1.48. The van der Waals surface area contributed by atoms with E-state index in [4.69, 9.17) is 0 Å². The van der Waals surface area contributed by atoms with Crippen molar-refractivity contribution >= 4 is 44.4 Å². The van der Waals surface area contributed by atoms with Gasteiger partial charge in [-0.25, -0.2) is 0 Å². The Kier molecular flexibility index (Phi) is 5.03. The molecule has 39 heavy (non-hydrogen) atoms. The molecule has 0 saturated carbocycles. The van der Waals surface area contributed by atoms with Crippen LogP contribution >= 0.6 is 0 Å². The largest absolute Gasteiger partial charge is 0.313 e. The predicted molar refractivity (Wildman–Crippen MR) is 166 cm³/mol. The molecule has 0 unspecified atom stereocenters. The van der Waals surface area contributed by atoms with E-state index in [1.165, 1.54) is 72.1 Å². The van der Waals surface area contributed by atoms with Crippen LogP contribution in [-0.4, -0.2) is 9.13 Å². The Morgan fingerprint density at radius 2 is 1.18 bits per heavy atom. The van der Waals surface area contributed by atoms with Crippen LogP contribution < -0.4 is 0 Å². The van der Waals surface area contributed by atoms with Gasteiger partial charge in [-0.3, -0.25) is 0 Å². The number of rotatable bonds is 3. The highest BCUT2D eigenvalue weighted by Gasteiger charge is 2.21. The van der Waals surface area contributed by atoms with E-state index in [1.54, 1.807) is 0 Å². The summed E-state index contributed by atoms with van der Waals surface area (Å²) in [5, 5.41) is 3.92. The molecule has 188 valence electrons. The number of aromatic nitrogens is 2. The third-order valence-electron chi connectivity index (χ3n) is 8.55. The summed E-state index contributed by atoms with van der Waals surface area (Å²) in [6, 6.07) is 33.7. The summed E-state index contributed by atoms with van der Waals surface area (Å²) >= 11 is 0. The molecule has 2 aromatic heterocycles. The highest BCUT2D eigenvalue weighted by atomic mass is 15.0. The maximum atomic E-state index is 2.53. The van der Waals surface area contributed by atoms with E-state index in [9.17, 15) is 0 Å². The van der Waals surface area contributed by atoms with Gasteiger partial charge in [-0.05, 0) is 85.7 Å². The van der Waals surface area contributed by atoms with Crippen molar-refractivity contribution in [1.82, 2.24) is 9.13 Å². The maximum Gasteiger partial charge on any atom is 0.0541 e. The molecule has 0 atom stereocenters. The van der Waals surface area contributed by atoms with E-state index in [1.807, 2.05) is 0 Å². The van der Waals surface area contributed by atoms with E-state index in [0.717, 1.165) is 25.7 Å². The van der Waals surface area contributed by atoms with Gasteiger partial charge in [-0.15, -0.1) is 0 Å². The number of allylic oxidation sites excluding steroid dienone is 5. The maximum absolute atomic E-state index is 2.53. The van der Waals surface area contributed by atoms with Crippen molar-refractivity contribution < 1.29 is 0 Å². The van der Waals surface area contributed by atoms with Gasteiger partial charge in [0.05, 0.1) is 16.6 Å². The average Bonchev–Trinajstić information content (AvgIpc) is 3.50. The quantitative estimate of drug-likeness (QED) is 0.228. The molecule has 0 bridgehead atoms. The van der Waals surface area contributed by atoms with E-state index < -0.39 is 0 Å². The Morgan fingerprint density at radius 3 is 1.87 bits per heavy atom. The molecule has 0 radical (unpaired) electrons. The standard InChI is InChI=1S/C37H30N2/c1-25-12-2-3-13-29(25)26-22-27(38-34-18-8-4-14-30(34)31-15-5-9-19-35(31)38)24-28(23-26)39-36-20-10-6-16-32(36)33-17-7-11-21-37(33)39/h4-10,12-20,22-24H,2-3,11,21H2,1H3. The molecular weight excluding hydrogens is 472 g/mol. The van der Waals surface area contributed by atoms with Gasteiger partial charge in [0.25, 0.3) is 0 Å². The fourth-order valence-corrected chi connectivity index (χ4v) is 6.82. The molecule has 2 aliphatic rings. The number of hydrogen-bond donors (Lipinski definition) is 0. The molecule has 0 fully saturated rings. The lowest BCUT2D eigenvalue weighted by molar-refractivity contribution is 0.887. The molecule has 0 aliphatic heterocycles. The molecule has 2 heteroatoms. The lowest BCUT2D eigenvalue weighted by Crippen LogP contribution is -2.06. The minimum atomic E-state index is 1.05. The van der Waals surface area contributed by atoms with Crippen molar-refractivity contribution in [1.29, 1.82) is 0 Å². The van der Waals surface area contributed by atoms with Crippen molar-refractivity contribution in [2.75, 3.05) is 0 Å². The molecule has 0 N–H and O–H groups in total. The minimum absolute atomic E-state index is 1.05. The number of nitrogens with zero attached hydrogens (tertiary/aromatic N) is 2. The summed E-state index contributed by atoms with van der Waals surface area (Å²) in [4.78, 5) is 0. The number of hydrogen-bond acceptors (Lipinski definition) is 0. The van der Waals surface area contributed by atoms with Gasteiger partial charge in [0.15, 0.2) is 0 Å². The minimum Gasteiger partial charge on any atom is -0.313 e. The number of para-hydroxylation sites is 3. The summed E-state index contributed by atoms with van der Waals surface area (Å²) in [5.41, 5.74) is 13.0. The second kappa shape index (κ2) is 8.74. The van der Waals surface area contributed by atoms with Gasteiger partial charge in [-0.1, -0.05) is 78.9 Å². The fourth-order valence-electron chi connectivity index (χ4n) is 6.82. The zero-order valence-corrected chi connectivity index (χ0v) is 22.2. The molecule has 2 nitrogen and oxygen atoms in total. The SMILES string of the molecule is CC1=CCCC=C1c1cc(-n2c3c(c4ccccc42)C=CCC3)cc(-n2c3ccccc3c3ccccc32)c1. The first-order valence-corrected chi connectivity index (χ1v) is 14.1. The highest BCUT2D eigenvalue weighted by molar-refractivity contribution is 6.09. The van der Waals surface area contributed by atoms with Crippen LogP contribution in [0.3, 0.4) is 0 Å². The second-order valence-electron chi connectivity index (χ2n) is 10.8. The van der Waals surface area contributed by atoms with Crippen LogP contribution in [0, 0.1) is 0 Å². The normalized spacial score (nSPS) is 15.1. The van der Waals surface area contributed by atoms with Crippen LogP contribution in [0.15, 0.2) is 115 Å². The van der Waals surface area contributed by atoms with Gasteiger partial charge < -0.3 is 9.13 Å². The average molecular weight is 503 g/mol. The molecule has 4 aromatic carbocycles. The van der Waals surface area contributed by atoms with Gasteiger partial charge in [0, 0.05) is 38.8 Å². The van der Waals surface area contributed by atoms with E-state index >= 15 is 0 Å². The molecule has 6 aromatic rings. The Hall–Kier alpha value is -4.56. The lowest BCUT2D eigenvalue weighted by Gasteiger charge is -2.20. The van der Waals surface area contributed by atoms with E-state index in [0.29, 0.717) is 0 Å². The van der Waals surface area contributed by atoms with Crippen molar-refractivity contribution in [3.8, 4) is 11.4 Å². The van der Waals surface area contributed by atoms with Crippen LogP contribution in [0.1, 0.15) is 43.0 Å². The Morgan fingerprint density at radius 1 is 0.590 bits per heavy atom. The van der Waals surface area contributed by atoms with E-state index in [2.05, 4.69) is 131 Å². The molecule has 8 rings (SSSR count). The third-order valence-corrected chi connectivity index (χ3v) is 8.55. The first-order chi connectivity index (χ1) is 19.3. The van der Waals surface area contributed by atoms with Gasteiger partial charge in [0.2, 0.25) is 0 Å². The smallest absolute Gasteiger partial charge is 0.0541 e. The van der Waals surface area contributed by atoms with Gasteiger partial charge in [-0.2, -0.15) is 0 Å². The van der Waals surface area contributed by atoms with Crippen molar-refractivity contribution in [3.05, 3.63) is 132 Å². The molecule has 2 heterocycles. The summed E-state index contributed by atoms with van der Waals surface area (Å²) < 4.78 is 4.98. The zero-order valence-electron chi connectivity index (χ0n) is 22.2. The highest BCUT2D eigenvalue weighted by Crippen LogP contribution is 2.39. The summed E-state index contributed by atoms with van der Waals surface area (Å²) in [6.45, 7) is 2.26. The van der Waals surface area contributed by atoms with Crippen molar-refractivity contribution in [3.63, 3.8) is 0 Å². The monoisotopic (exact) mass is 502 g/mol. The number of benzene rings is 4. The first kappa shape index (κ1) is 22.4. The molecule has 0 spiro atoms. The van der Waals surface area contributed by atoms with Gasteiger partial charge >= 0.3 is 0 Å². The van der Waals surface area contributed by atoms with Crippen molar-refractivity contribution in [2.45, 2.75) is 32.6 Å². The topological polar surface area (TPSA) is 9.86 Å². The second-order valence-corrected chi connectivity index (χ2v) is 10.8. The fraction of sp³-hybridized carbons (Fsp3) is 0.135. The first-order valence-electron chi connectivity index (χ1n) is 14.1. The zero-order chi connectivity index (χ0) is 25.9. The summed E-state index contributed by atoms with van der Waals surface area (Å²) in [5.74, 6) is 0. The number of fused-ring (bicyclic) bond motifs is 6. The van der Waals surface area contributed by atoms with Crippen molar-refractivity contribution in [2.24, 2.45) is 0 Å². The predicted octanol–water partition coefficient (Wildman–Crippen LogP) is 9.81. The summed E-state index contributed by atoms with van der Waals surface area (Å²) in [6.07, 6.45) is 13.8. The van der Waals surface area contributed by atoms with Crippen LogP contribution in [0.25, 0.3) is 55.7 Å².